The highest BCUT2D eigenvalue weighted by atomic mass is 35.5. The van der Waals surface area contributed by atoms with Crippen LogP contribution in [0.3, 0.4) is 0 Å². The van der Waals surface area contributed by atoms with Crippen LogP contribution in [0.5, 0.6) is 11.5 Å². The number of benzene rings is 1. The molecule has 6 heteroatoms. The molecule has 0 amide bonds. The van der Waals surface area contributed by atoms with Gasteiger partial charge in [-0.05, 0) is 38.4 Å². The van der Waals surface area contributed by atoms with Crippen molar-refractivity contribution in [2.75, 3.05) is 32.8 Å². The molecule has 1 N–H and O–H groups in total. The average Bonchev–Trinajstić information content (AvgIpc) is 2.94. The number of fused-ring (bicyclic) bond motifs is 2. The van der Waals surface area contributed by atoms with Gasteiger partial charge >= 0.3 is 5.97 Å². The topological polar surface area (TPSA) is 59.0 Å². The Morgan fingerprint density at radius 2 is 2.04 bits per heavy atom. The monoisotopic (exact) mass is 383 g/mol. The quantitative estimate of drug-likeness (QED) is 0.690. The fraction of sp³-hybridized carbons (Fsp3) is 0.650. The van der Waals surface area contributed by atoms with Crippen LogP contribution in [0.2, 0.25) is 0 Å². The zero-order chi connectivity index (χ0) is 17.7. The Hall–Kier alpha value is -1.46. The zero-order valence-electron chi connectivity index (χ0n) is 15.5. The smallest absolute Gasteiger partial charge is 0.317 e. The second kappa shape index (κ2) is 9.47. The number of unbranched alkanes of at least 4 members (excludes halogenated alkanes) is 3. The van der Waals surface area contributed by atoms with Crippen LogP contribution < -0.4 is 9.47 Å². The van der Waals surface area contributed by atoms with Gasteiger partial charge in [0.25, 0.3) is 0 Å². The van der Waals surface area contributed by atoms with Crippen molar-refractivity contribution in [2.45, 2.75) is 50.9 Å². The molecule has 3 rings (SSSR count). The van der Waals surface area contributed by atoms with Crippen LogP contribution in [0, 0.1) is 0 Å². The molecule has 0 atom stereocenters. The number of hydrogen-bond donors (Lipinski definition) is 1. The molecule has 0 unspecified atom stereocenters. The summed E-state index contributed by atoms with van der Waals surface area (Å²) in [6.07, 6.45) is 6.70. The number of carbonyl (C=O) groups is 1. The number of ether oxygens (including phenoxy) is 2. The number of likely N-dealkylation sites (tertiary alicyclic amines) is 1. The summed E-state index contributed by atoms with van der Waals surface area (Å²) in [7, 11) is 0. The van der Waals surface area contributed by atoms with Gasteiger partial charge in [-0.1, -0.05) is 32.3 Å². The first kappa shape index (κ1) is 20.8. The van der Waals surface area contributed by atoms with Crippen LogP contribution in [0.25, 0.3) is 0 Å². The predicted octanol–water partition coefficient (Wildman–Crippen LogP) is 3.88. The standard InChI is InChI=1S/C20H29NO4.ClH/c1-2-3-4-5-12-24-16-6-7-17-18(13-16)25-15-20(17)8-10-21(11-9-20)14-19(22)23;/h6-7,13H,2-5,8-12,14-15H2,1H3,(H,22,23);1H. The third-order valence-electron chi connectivity index (χ3n) is 5.47. The van der Waals surface area contributed by atoms with E-state index in [1.54, 1.807) is 0 Å². The average molecular weight is 384 g/mol. The Bertz CT molecular complexity index is 599. The van der Waals surface area contributed by atoms with Gasteiger partial charge in [0.1, 0.15) is 11.5 Å². The van der Waals surface area contributed by atoms with Gasteiger partial charge in [0.15, 0.2) is 0 Å². The minimum absolute atomic E-state index is 0. The highest BCUT2D eigenvalue weighted by Crippen LogP contribution is 2.46. The van der Waals surface area contributed by atoms with Gasteiger partial charge in [0, 0.05) is 17.0 Å². The first-order valence-electron chi connectivity index (χ1n) is 9.47. The summed E-state index contributed by atoms with van der Waals surface area (Å²) in [5.74, 6) is 1.08. The highest BCUT2D eigenvalue weighted by molar-refractivity contribution is 5.85. The van der Waals surface area contributed by atoms with Crippen LogP contribution in [-0.4, -0.2) is 48.8 Å². The lowest BCUT2D eigenvalue weighted by atomic mass is 9.74. The largest absolute Gasteiger partial charge is 0.493 e. The molecular formula is C20H30ClNO4. The summed E-state index contributed by atoms with van der Waals surface area (Å²) in [6, 6.07) is 6.22. The normalized spacial score (nSPS) is 18.0. The minimum atomic E-state index is -0.750. The Labute approximate surface area is 162 Å². The highest BCUT2D eigenvalue weighted by Gasteiger charge is 2.43. The van der Waals surface area contributed by atoms with Gasteiger partial charge < -0.3 is 14.6 Å². The second-order valence-corrected chi connectivity index (χ2v) is 7.31. The Balaban J connectivity index is 0.00000243. The fourth-order valence-electron chi connectivity index (χ4n) is 3.91. The number of aliphatic carboxylic acids is 1. The molecule has 2 aliphatic heterocycles. The number of carboxylic acids is 1. The summed E-state index contributed by atoms with van der Waals surface area (Å²) in [4.78, 5) is 12.9. The van der Waals surface area contributed by atoms with Crippen LogP contribution in [0.4, 0.5) is 0 Å². The number of carboxylic acid groups (broad SMARTS) is 1. The van der Waals surface area contributed by atoms with Gasteiger partial charge in [0.2, 0.25) is 0 Å². The fourth-order valence-corrected chi connectivity index (χ4v) is 3.91. The third-order valence-corrected chi connectivity index (χ3v) is 5.47. The molecule has 0 radical (unpaired) electrons. The predicted molar refractivity (Wildman–Crippen MR) is 104 cm³/mol. The molecule has 1 fully saturated rings. The van der Waals surface area contributed by atoms with E-state index in [0.717, 1.165) is 50.5 Å². The maximum absolute atomic E-state index is 10.9. The summed E-state index contributed by atoms with van der Waals surface area (Å²) in [5.41, 5.74) is 1.31. The van der Waals surface area contributed by atoms with Gasteiger partial charge in [0.05, 0.1) is 19.8 Å². The van der Waals surface area contributed by atoms with Crippen LogP contribution in [0.15, 0.2) is 18.2 Å². The molecule has 0 bridgehead atoms. The van der Waals surface area contributed by atoms with Gasteiger partial charge in [-0.15, -0.1) is 12.4 Å². The van der Waals surface area contributed by atoms with Crippen molar-refractivity contribution in [1.29, 1.82) is 0 Å². The maximum Gasteiger partial charge on any atom is 0.317 e. The number of nitrogens with zero attached hydrogens (tertiary/aromatic N) is 1. The van der Waals surface area contributed by atoms with Gasteiger partial charge in [-0.2, -0.15) is 0 Å². The maximum atomic E-state index is 10.9. The first-order chi connectivity index (χ1) is 12.1. The van der Waals surface area contributed by atoms with E-state index < -0.39 is 5.97 Å². The van der Waals surface area contributed by atoms with E-state index in [9.17, 15) is 4.79 Å². The molecule has 2 heterocycles. The number of rotatable bonds is 8. The van der Waals surface area contributed by atoms with E-state index >= 15 is 0 Å². The Morgan fingerprint density at radius 3 is 2.73 bits per heavy atom. The van der Waals surface area contributed by atoms with Crippen LogP contribution >= 0.6 is 12.4 Å². The van der Waals surface area contributed by atoms with E-state index in [2.05, 4.69) is 19.1 Å². The summed E-state index contributed by atoms with van der Waals surface area (Å²) < 4.78 is 11.8. The number of hydrogen-bond acceptors (Lipinski definition) is 4. The molecule has 26 heavy (non-hydrogen) atoms. The van der Waals surface area contributed by atoms with E-state index in [4.69, 9.17) is 14.6 Å². The Morgan fingerprint density at radius 1 is 1.27 bits per heavy atom. The summed E-state index contributed by atoms with van der Waals surface area (Å²) in [6.45, 7) is 5.42. The molecule has 146 valence electrons. The van der Waals surface area contributed by atoms with E-state index in [0.29, 0.717) is 6.61 Å². The minimum Gasteiger partial charge on any atom is -0.493 e. The van der Waals surface area contributed by atoms with Crippen LogP contribution in [-0.2, 0) is 10.2 Å². The Kier molecular flexibility index (Phi) is 7.59. The third kappa shape index (κ3) is 4.83. The van der Waals surface area contributed by atoms with Crippen molar-refractivity contribution in [2.24, 2.45) is 0 Å². The van der Waals surface area contributed by atoms with E-state index in [1.165, 1.54) is 24.8 Å². The second-order valence-electron chi connectivity index (χ2n) is 7.31. The van der Waals surface area contributed by atoms with Crippen LogP contribution in [0.1, 0.15) is 51.0 Å². The zero-order valence-corrected chi connectivity index (χ0v) is 16.4. The summed E-state index contributed by atoms with van der Waals surface area (Å²) >= 11 is 0. The number of piperidine rings is 1. The van der Waals surface area contributed by atoms with Crippen molar-refractivity contribution in [3.8, 4) is 11.5 Å². The van der Waals surface area contributed by atoms with Gasteiger partial charge in [-0.25, -0.2) is 0 Å². The molecule has 0 aliphatic carbocycles. The van der Waals surface area contributed by atoms with E-state index in [-0.39, 0.29) is 24.4 Å². The van der Waals surface area contributed by atoms with Crippen molar-refractivity contribution in [3.63, 3.8) is 0 Å². The summed E-state index contributed by atoms with van der Waals surface area (Å²) in [5, 5.41) is 8.95. The lowest BCUT2D eigenvalue weighted by Gasteiger charge is -2.37. The molecule has 1 aromatic rings. The molecular weight excluding hydrogens is 354 g/mol. The van der Waals surface area contributed by atoms with Crippen molar-refractivity contribution >= 4 is 18.4 Å². The lowest BCUT2D eigenvalue weighted by Crippen LogP contribution is -2.45. The van der Waals surface area contributed by atoms with Crippen molar-refractivity contribution in [1.82, 2.24) is 4.90 Å². The lowest BCUT2D eigenvalue weighted by molar-refractivity contribution is -0.138. The molecule has 1 saturated heterocycles. The SMILES string of the molecule is CCCCCCOc1ccc2c(c1)OCC21CCN(CC(=O)O)CC1.Cl. The van der Waals surface area contributed by atoms with Crippen molar-refractivity contribution < 1.29 is 19.4 Å². The molecule has 0 saturated carbocycles. The van der Waals surface area contributed by atoms with Crippen molar-refractivity contribution in [3.05, 3.63) is 23.8 Å². The molecule has 5 nitrogen and oxygen atoms in total. The molecule has 1 spiro atoms. The first-order valence-corrected chi connectivity index (χ1v) is 9.47. The molecule has 0 aromatic heterocycles. The van der Waals surface area contributed by atoms with Gasteiger partial charge in [-0.3, -0.25) is 9.69 Å². The molecule has 2 aliphatic rings. The van der Waals surface area contributed by atoms with E-state index in [1.807, 2.05) is 11.0 Å². The molecule has 1 aromatic carbocycles. The number of halogens is 1.